The molecule has 27 heavy (non-hydrogen) atoms. The monoisotopic (exact) mass is 386 g/mol. The number of rotatable bonds is 18. The van der Waals surface area contributed by atoms with Gasteiger partial charge in [-0.25, -0.2) is 0 Å². The summed E-state index contributed by atoms with van der Waals surface area (Å²) in [6.45, 7) is 8.60. The Labute approximate surface area is 166 Å². The fourth-order valence-electron chi connectivity index (χ4n) is 2.98. The van der Waals surface area contributed by atoms with Gasteiger partial charge in [0.05, 0.1) is 0 Å². The van der Waals surface area contributed by atoms with Crippen LogP contribution in [0.25, 0.3) is 0 Å². The lowest BCUT2D eigenvalue weighted by atomic mass is 10.2. The van der Waals surface area contributed by atoms with Crippen LogP contribution in [0.1, 0.15) is 51.9 Å². The lowest BCUT2D eigenvalue weighted by molar-refractivity contribution is -0.137. The summed E-state index contributed by atoms with van der Waals surface area (Å²) in [5.41, 5.74) is 0. The van der Waals surface area contributed by atoms with E-state index in [4.69, 9.17) is 5.11 Å². The van der Waals surface area contributed by atoms with Crippen molar-refractivity contribution in [2.45, 2.75) is 51.9 Å². The number of nitrogens with zero attached hydrogens (tertiary/aromatic N) is 3. The summed E-state index contributed by atoms with van der Waals surface area (Å²) in [4.78, 5) is 28.3. The summed E-state index contributed by atoms with van der Waals surface area (Å²) in [5, 5.41) is 11.5. The minimum Gasteiger partial charge on any atom is -0.481 e. The molecule has 0 aliphatic carbocycles. The molecule has 1 amide bonds. The molecule has 0 unspecified atom stereocenters. The van der Waals surface area contributed by atoms with Crippen molar-refractivity contribution in [1.29, 1.82) is 0 Å². The molecule has 0 aromatic rings. The quantitative estimate of drug-likeness (QED) is 0.350. The van der Waals surface area contributed by atoms with Crippen molar-refractivity contribution in [1.82, 2.24) is 20.0 Å². The van der Waals surface area contributed by atoms with Crippen LogP contribution in [0.4, 0.5) is 0 Å². The van der Waals surface area contributed by atoms with Gasteiger partial charge in [0.15, 0.2) is 0 Å². The third-order valence-electron chi connectivity index (χ3n) is 4.68. The average molecular weight is 387 g/mol. The van der Waals surface area contributed by atoms with Gasteiger partial charge in [0.2, 0.25) is 5.91 Å². The van der Waals surface area contributed by atoms with Gasteiger partial charge < -0.3 is 25.1 Å². The molecular weight excluding hydrogens is 344 g/mol. The molecule has 0 heterocycles. The van der Waals surface area contributed by atoms with Crippen LogP contribution in [-0.4, -0.2) is 98.6 Å². The van der Waals surface area contributed by atoms with Gasteiger partial charge in [-0.1, -0.05) is 0 Å². The predicted molar refractivity (Wildman–Crippen MR) is 111 cm³/mol. The van der Waals surface area contributed by atoms with E-state index in [0.29, 0.717) is 0 Å². The Morgan fingerprint density at radius 2 is 1.07 bits per heavy atom. The minimum absolute atomic E-state index is 0.0468. The normalized spacial score (nSPS) is 11.5. The van der Waals surface area contributed by atoms with Gasteiger partial charge >= 0.3 is 5.97 Å². The average Bonchev–Trinajstić information content (AvgIpc) is 2.59. The van der Waals surface area contributed by atoms with E-state index in [0.717, 1.165) is 65.1 Å². The molecule has 0 aromatic carbocycles. The molecule has 0 aromatic heterocycles. The van der Waals surface area contributed by atoms with Gasteiger partial charge in [0.1, 0.15) is 0 Å². The van der Waals surface area contributed by atoms with Crippen LogP contribution in [0.2, 0.25) is 0 Å². The van der Waals surface area contributed by atoms with E-state index in [1.165, 1.54) is 19.3 Å². The molecule has 0 saturated carbocycles. The van der Waals surface area contributed by atoms with Crippen molar-refractivity contribution in [2.75, 3.05) is 67.0 Å². The Kier molecular flexibility index (Phi) is 16.2. The maximum atomic E-state index is 10.8. The lowest BCUT2D eigenvalue weighted by Gasteiger charge is -2.20. The van der Waals surface area contributed by atoms with E-state index < -0.39 is 5.97 Å². The number of hydrogen-bond acceptors (Lipinski definition) is 5. The second kappa shape index (κ2) is 17.0. The number of hydrogen-bond donors (Lipinski definition) is 2. The van der Waals surface area contributed by atoms with Crippen molar-refractivity contribution in [2.24, 2.45) is 0 Å². The van der Waals surface area contributed by atoms with Gasteiger partial charge in [-0.3, -0.25) is 9.59 Å². The first-order valence-corrected chi connectivity index (χ1v) is 10.3. The number of carboxylic acid groups (broad SMARTS) is 1. The van der Waals surface area contributed by atoms with Gasteiger partial charge in [-0.05, 0) is 98.9 Å². The maximum absolute atomic E-state index is 10.8. The van der Waals surface area contributed by atoms with E-state index >= 15 is 0 Å². The van der Waals surface area contributed by atoms with Crippen molar-refractivity contribution in [3.8, 4) is 0 Å². The fraction of sp³-hybridized carbons (Fsp3) is 0.900. The van der Waals surface area contributed by atoms with Crippen LogP contribution < -0.4 is 5.32 Å². The Hall–Kier alpha value is -1.18. The molecule has 0 radical (unpaired) electrons. The summed E-state index contributed by atoms with van der Waals surface area (Å²) in [6, 6.07) is 0. The van der Waals surface area contributed by atoms with E-state index in [1.54, 1.807) is 6.92 Å². The van der Waals surface area contributed by atoms with E-state index in [9.17, 15) is 9.59 Å². The highest BCUT2D eigenvalue weighted by atomic mass is 16.4. The smallest absolute Gasteiger partial charge is 0.303 e. The van der Waals surface area contributed by atoms with Crippen LogP contribution in [0, 0.1) is 0 Å². The number of amides is 1. The fourth-order valence-corrected chi connectivity index (χ4v) is 2.98. The van der Waals surface area contributed by atoms with E-state index in [1.807, 2.05) is 0 Å². The van der Waals surface area contributed by atoms with E-state index in [2.05, 4.69) is 41.2 Å². The first-order chi connectivity index (χ1) is 12.8. The van der Waals surface area contributed by atoms with Crippen molar-refractivity contribution in [3.63, 3.8) is 0 Å². The molecule has 2 N–H and O–H groups in total. The molecule has 0 atom stereocenters. The molecule has 0 rings (SSSR count). The molecule has 0 spiro atoms. The number of nitrogens with one attached hydrogen (secondary N) is 1. The molecule has 0 aliphatic rings. The second-order valence-corrected chi connectivity index (χ2v) is 7.66. The molecule has 0 bridgehead atoms. The highest BCUT2D eigenvalue weighted by Gasteiger charge is 2.03. The van der Waals surface area contributed by atoms with Crippen LogP contribution in [0.3, 0.4) is 0 Å². The van der Waals surface area contributed by atoms with Gasteiger partial charge in [-0.15, -0.1) is 0 Å². The SMILES string of the molecule is CC(=O)NCCCN(C)CCCCN(C)CCCCN(C)CCCC(=O)O. The zero-order valence-electron chi connectivity index (χ0n) is 18.0. The van der Waals surface area contributed by atoms with Crippen LogP contribution in [-0.2, 0) is 9.59 Å². The third kappa shape index (κ3) is 19.4. The van der Waals surface area contributed by atoms with Crippen LogP contribution >= 0.6 is 0 Å². The van der Waals surface area contributed by atoms with Crippen LogP contribution in [0.5, 0.6) is 0 Å². The zero-order valence-corrected chi connectivity index (χ0v) is 18.0. The van der Waals surface area contributed by atoms with Crippen molar-refractivity contribution >= 4 is 11.9 Å². The van der Waals surface area contributed by atoms with Crippen molar-refractivity contribution in [3.05, 3.63) is 0 Å². The molecule has 7 nitrogen and oxygen atoms in total. The number of carbonyl (C=O) groups excluding carboxylic acids is 1. The third-order valence-corrected chi connectivity index (χ3v) is 4.68. The number of carboxylic acids is 1. The Balaban J connectivity index is 3.46. The minimum atomic E-state index is -0.707. The molecule has 0 saturated heterocycles. The van der Waals surface area contributed by atoms with Crippen molar-refractivity contribution < 1.29 is 14.7 Å². The first-order valence-electron chi connectivity index (χ1n) is 10.3. The Morgan fingerprint density at radius 1 is 0.704 bits per heavy atom. The standard InChI is InChI=1S/C20H42N4O3/c1-19(25)21-12-10-18-24(4)16-8-6-14-22(2)13-5-7-15-23(3)17-9-11-20(26)27/h5-18H2,1-4H3,(H,21,25)(H,26,27). The predicted octanol–water partition coefficient (Wildman–Crippen LogP) is 1.73. The molecule has 0 fully saturated rings. The number of aliphatic carboxylic acids is 1. The lowest BCUT2D eigenvalue weighted by Crippen LogP contribution is -2.28. The second-order valence-electron chi connectivity index (χ2n) is 7.66. The molecular formula is C20H42N4O3. The van der Waals surface area contributed by atoms with Crippen LogP contribution in [0.15, 0.2) is 0 Å². The summed E-state index contributed by atoms with van der Waals surface area (Å²) in [6.07, 6.45) is 6.74. The number of carbonyl (C=O) groups is 2. The Bertz CT molecular complexity index is 393. The van der Waals surface area contributed by atoms with E-state index in [-0.39, 0.29) is 12.3 Å². The molecule has 0 aliphatic heterocycles. The largest absolute Gasteiger partial charge is 0.481 e. The van der Waals surface area contributed by atoms with Gasteiger partial charge in [0.25, 0.3) is 0 Å². The summed E-state index contributed by atoms with van der Waals surface area (Å²) < 4.78 is 0. The van der Waals surface area contributed by atoms with Gasteiger partial charge in [0, 0.05) is 19.9 Å². The Morgan fingerprint density at radius 3 is 1.44 bits per heavy atom. The highest BCUT2D eigenvalue weighted by Crippen LogP contribution is 2.01. The molecule has 7 heteroatoms. The maximum Gasteiger partial charge on any atom is 0.303 e. The summed E-state index contributed by atoms with van der Waals surface area (Å²) in [5.74, 6) is -0.660. The highest BCUT2D eigenvalue weighted by molar-refractivity contribution is 5.72. The zero-order chi connectivity index (χ0) is 20.5. The number of unbranched alkanes of at least 4 members (excludes halogenated alkanes) is 2. The molecule has 160 valence electrons. The summed E-state index contributed by atoms with van der Waals surface area (Å²) in [7, 11) is 6.40. The van der Waals surface area contributed by atoms with Gasteiger partial charge in [-0.2, -0.15) is 0 Å². The summed E-state index contributed by atoms with van der Waals surface area (Å²) >= 11 is 0. The first kappa shape index (κ1) is 25.8. The topological polar surface area (TPSA) is 76.1 Å².